The molecule has 3 rings (SSSR count). The average molecular weight is 310 g/mol. The minimum absolute atomic E-state index is 0.386. The first-order valence-corrected chi connectivity index (χ1v) is 8.72. The summed E-state index contributed by atoms with van der Waals surface area (Å²) in [6.07, 6.45) is 6.64. The third-order valence-electron chi connectivity index (χ3n) is 4.56. The molecule has 1 aliphatic carbocycles. The lowest BCUT2D eigenvalue weighted by Crippen LogP contribution is -2.38. The van der Waals surface area contributed by atoms with Gasteiger partial charge in [0.15, 0.2) is 5.79 Å². The van der Waals surface area contributed by atoms with E-state index in [0.717, 1.165) is 25.9 Å². The first-order valence-electron chi connectivity index (χ1n) is 8.72. The molecule has 1 fully saturated rings. The second-order valence-corrected chi connectivity index (χ2v) is 6.33. The second kappa shape index (κ2) is 8.28. The van der Waals surface area contributed by atoms with Gasteiger partial charge in [-0.05, 0) is 30.4 Å². The third kappa shape index (κ3) is 4.92. The lowest BCUT2D eigenvalue weighted by atomic mass is 9.94. The van der Waals surface area contributed by atoms with E-state index in [9.17, 15) is 0 Å². The standard InChI is InChI=1S/C21H26O2/c1-4-10-19(11-5-1)14-17-22-21(15-8-3-9-16-21)23-18-20-12-6-2-7-13-20/h1-2,4-7,10-13H,3,8-9,14-18H2. The second-order valence-electron chi connectivity index (χ2n) is 6.33. The Labute approximate surface area is 139 Å². The average Bonchev–Trinajstić information content (AvgIpc) is 2.63. The molecule has 2 heteroatoms. The molecule has 0 bridgehead atoms. The van der Waals surface area contributed by atoms with Crippen molar-refractivity contribution in [1.29, 1.82) is 0 Å². The maximum absolute atomic E-state index is 6.27. The first-order chi connectivity index (χ1) is 11.4. The molecule has 0 atom stereocenters. The molecule has 23 heavy (non-hydrogen) atoms. The van der Waals surface area contributed by atoms with Gasteiger partial charge in [-0.1, -0.05) is 67.1 Å². The molecule has 1 saturated carbocycles. The van der Waals surface area contributed by atoms with Crippen LogP contribution >= 0.6 is 0 Å². The molecule has 0 aliphatic heterocycles. The SMILES string of the molecule is c1ccc(CCOC2(OCc3ccccc3)CCCCC2)cc1. The van der Waals surface area contributed by atoms with E-state index in [1.807, 2.05) is 6.07 Å². The summed E-state index contributed by atoms with van der Waals surface area (Å²) < 4.78 is 12.5. The largest absolute Gasteiger partial charge is 0.350 e. The smallest absolute Gasteiger partial charge is 0.168 e. The lowest BCUT2D eigenvalue weighted by molar-refractivity contribution is -0.258. The lowest BCUT2D eigenvalue weighted by Gasteiger charge is -2.37. The van der Waals surface area contributed by atoms with Gasteiger partial charge in [0.25, 0.3) is 0 Å². The van der Waals surface area contributed by atoms with Crippen LogP contribution in [0.15, 0.2) is 60.7 Å². The molecular formula is C21H26O2. The van der Waals surface area contributed by atoms with Gasteiger partial charge in [-0.2, -0.15) is 0 Å². The van der Waals surface area contributed by atoms with Crippen molar-refractivity contribution in [3.63, 3.8) is 0 Å². The molecular weight excluding hydrogens is 284 g/mol. The van der Waals surface area contributed by atoms with Crippen molar-refractivity contribution in [2.75, 3.05) is 6.61 Å². The van der Waals surface area contributed by atoms with Crippen molar-refractivity contribution < 1.29 is 9.47 Å². The Bertz CT molecular complexity index is 559. The van der Waals surface area contributed by atoms with Crippen molar-refractivity contribution in [1.82, 2.24) is 0 Å². The first kappa shape index (κ1) is 16.2. The summed E-state index contributed by atoms with van der Waals surface area (Å²) in [6.45, 7) is 1.35. The quantitative estimate of drug-likeness (QED) is 0.661. The van der Waals surface area contributed by atoms with E-state index in [2.05, 4.69) is 54.6 Å². The van der Waals surface area contributed by atoms with Crippen LogP contribution in [0.2, 0.25) is 0 Å². The summed E-state index contributed by atoms with van der Waals surface area (Å²) in [4.78, 5) is 0. The van der Waals surface area contributed by atoms with Gasteiger partial charge >= 0.3 is 0 Å². The van der Waals surface area contributed by atoms with E-state index in [1.54, 1.807) is 0 Å². The summed E-state index contributed by atoms with van der Waals surface area (Å²) >= 11 is 0. The molecule has 0 amide bonds. The zero-order valence-electron chi connectivity index (χ0n) is 13.7. The number of benzene rings is 2. The summed E-state index contributed by atoms with van der Waals surface area (Å²) in [7, 11) is 0. The Balaban J connectivity index is 1.55. The number of rotatable bonds is 7. The van der Waals surface area contributed by atoms with Crippen LogP contribution in [0.5, 0.6) is 0 Å². The molecule has 2 nitrogen and oxygen atoms in total. The van der Waals surface area contributed by atoms with E-state index >= 15 is 0 Å². The Kier molecular flexibility index (Phi) is 5.84. The maximum atomic E-state index is 6.27. The van der Waals surface area contributed by atoms with E-state index in [4.69, 9.17) is 9.47 Å². The monoisotopic (exact) mass is 310 g/mol. The minimum atomic E-state index is -0.386. The molecule has 2 aromatic rings. The zero-order valence-corrected chi connectivity index (χ0v) is 13.7. The van der Waals surface area contributed by atoms with Crippen LogP contribution in [0, 0.1) is 0 Å². The van der Waals surface area contributed by atoms with Crippen LogP contribution in [0.3, 0.4) is 0 Å². The van der Waals surface area contributed by atoms with Crippen molar-refractivity contribution >= 4 is 0 Å². The van der Waals surface area contributed by atoms with Crippen LogP contribution < -0.4 is 0 Å². The van der Waals surface area contributed by atoms with E-state index in [-0.39, 0.29) is 5.79 Å². The Hall–Kier alpha value is -1.64. The fraction of sp³-hybridized carbons (Fsp3) is 0.429. The highest BCUT2D eigenvalue weighted by atomic mass is 16.7. The molecule has 0 spiro atoms. The summed E-state index contributed by atoms with van der Waals surface area (Å²) in [5.41, 5.74) is 2.53. The highest BCUT2D eigenvalue weighted by Gasteiger charge is 2.33. The van der Waals surface area contributed by atoms with Gasteiger partial charge in [0.05, 0.1) is 13.2 Å². The number of hydrogen-bond donors (Lipinski definition) is 0. The third-order valence-corrected chi connectivity index (χ3v) is 4.56. The summed E-state index contributed by atoms with van der Waals surface area (Å²) in [5, 5.41) is 0. The van der Waals surface area contributed by atoms with Crippen molar-refractivity contribution in [3.05, 3.63) is 71.8 Å². The van der Waals surface area contributed by atoms with E-state index < -0.39 is 0 Å². The van der Waals surface area contributed by atoms with Crippen LogP contribution in [0.1, 0.15) is 43.2 Å². The predicted octanol–water partition coefficient (Wildman–Crippen LogP) is 5.12. The number of ether oxygens (including phenoxy) is 2. The highest BCUT2D eigenvalue weighted by Crippen LogP contribution is 2.33. The molecule has 0 N–H and O–H groups in total. The van der Waals surface area contributed by atoms with Gasteiger partial charge in [-0.15, -0.1) is 0 Å². The van der Waals surface area contributed by atoms with Gasteiger partial charge in [0, 0.05) is 12.8 Å². The normalized spacial score (nSPS) is 17.0. The molecule has 0 radical (unpaired) electrons. The molecule has 0 aromatic heterocycles. The fourth-order valence-corrected chi connectivity index (χ4v) is 3.21. The van der Waals surface area contributed by atoms with Crippen molar-refractivity contribution in [2.45, 2.75) is 50.9 Å². The highest BCUT2D eigenvalue weighted by molar-refractivity contribution is 5.15. The topological polar surface area (TPSA) is 18.5 Å². The molecule has 122 valence electrons. The maximum Gasteiger partial charge on any atom is 0.168 e. The molecule has 1 aliphatic rings. The molecule has 0 heterocycles. The summed E-state index contributed by atoms with van der Waals surface area (Å²) in [6, 6.07) is 20.9. The molecule has 0 unspecified atom stereocenters. The zero-order chi connectivity index (χ0) is 15.8. The van der Waals surface area contributed by atoms with Gasteiger partial charge in [0.2, 0.25) is 0 Å². The Morgan fingerprint density at radius 1 is 0.696 bits per heavy atom. The van der Waals surface area contributed by atoms with E-state index in [1.165, 1.54) is 30.4 Å². The Morgan fingerprint density at radius 3 is 1.96 bits per heavy atom. The molecule has 2 aromatic carbocycles. The minimum Gasteiger partial charge on any atom is -0.350 e. The van der Waals surface area contributed by atoms with Gasteiger partial charge in [-0.3, -0.25) is 0 Å². The van der Waals surface area contributed by atoms with Crippen LogP contribution in [-0.4, -0.2) is 12.4 Å². The van der Waals surface area contributed by atoms with Crippen molar-refractivity contribution in [2.24, 2.45) is 0 Å². The van der Waals surface area contributed by atoms with Crippen molar-refractivity contribution in [3.8, 4) is 0 Å². The molecule has 0 saturated heterocycles. The predicted molar refractivity (Wildman–Crippen MR) is 93.1 cm³/mol. The number of hydrogen-bond acceptors (Lipinski definition) is 2. The fourth-order valence-electron chi connectivity index (χ4n) is 3.21. The van der Waals surface area contributed by atoms with Gasteiger partial charge in [0.1, 0.15) is 0 Å². The van der Waals surface area contributed by atoms with E-state index in [0.29, 0.717) is 6.61 Å². The summed E-state index contributed by atoms with van der Waals surface area (Å²) in [5.74, 6) is -0.386. The van der Waals surface area contributed by atoms with Crippen LogP contribution in [0.4, 0.5) is 0 Å². The Morgan fingerprint density at radius 2 is 1.30 bits per heavy atom. The van der Waals surface area contributed by atoms with Crippen LogP contribution in [-0.2, 0) is 22.5 Å². The van der Waals surface area contributed by atoms with Gasteiger partial charge in [-0.25, -0.2) is 0 Å². The van der Waals surface area contributed by atoms with Crippen LogP contribution in [0.25, 0.3) is 0 Å². The van der Waals surface area contributed by atoms with Gasteiger partial charge < -0.3 is 9.47 Å².